The maximum atomic E-state index is 12.6. The van der Waals surface area contributed by atoms with Gasteiger partial charge in [0.2, 0.25) is 0 Å². The Morgan fingerprint density at radius 3 is 2.65 bits per heavy atom. The number of carbonyl (C=O) groups is 1. The van der Waals surface area contributed by atoms with Gasteiger partial charge in [0.25, 0.3) is 5.91 Å². The van der Waals surface area contributed by atoms with E-state index in [0.717, 1.165) is 36.8 Å². The van der Waals surface area contributed by atoms with Crippen molar-refractivity contribution in [2.75, 3.05) is 52.4 Å². The lowest BCUT2D eigenvalue weighted by Crippen LogP contribution is -2.48. The molecule has 0 aliphatic carbocycles. The summed E-state index contributed by atoms with van der Waals surface area (Å²) in [5.74, 6) is 3.64. The first kappa shape index (κ1) is 17.9. The number of hydrogen-bond donors (Lipinski definition) is 0. The minimum absolute atomic E-state index is 0.0650. The molecule has 0 N–H and O–H groups in total. The molecule has 0 radical (unpaired) electrons. The fourth-order valence-corrected chi connectivity index (χ4v) is 3.69. The standard InChI is InChI=1S/C17H26N2O3S/c1-18(2)11-14-13-23-10-4-9-19(14)17(20)12-22-16-7-5-15(21-3)6-8-16/h5-8,14H,4,9-13H2,1-3H3. The molecule has 1 saturated heterocycles. The van der Waals surface area contributed by atoms with Gasteiger partial charge < -0.3 is 19.3 Å². The summed E-state index contributed by atoms with van der Waals surface area (Å²) < 4.78 is 10.8. The summed E-state index contributed by atoms with van der Waals surface area (Å²) in [6.45, 7) is 1.79. The predicted molar refractivity (Wildman–Crippen MR) is 94.5 cm³/mol. The number of methoxy groups -OCH3 is 1. The van der Waals surface area contributed by atoms with Gasteiger partial charge in [0.15, 0.2) is 6.61 Å². The van der Waals surface area contributed by atoms with E-state index in [2.05, 4.69) is 4.90 Å². The number of ether oxygens (including phenoxy) is 2. The van der Waals surface area contributed by atoms with Gasteiger partial charge in [-0.15, -0.1) is 0 Å². The van der Waals surface area contributed by atoms with Crippen molar-refractivity contribution in [1.82, 2.24) is 9.80 Å². The zero-order valence-electron chi connectivity index (χ0n) is 14.2. The third-order valence-electron chi connectivity index (χ3n) is 3.76. The third-order valence-corrected chi connectivity index (χ3v) is 4.95. The fourth-order valence-electron chi connectivity index (χ4n) is 2.63. The van der Waals surface area contributed by atoms with Gasteiger partial charge >= 0.3 is 0 Å². The van der Waals surface area contributed by atoms with Gasteiger partial charge in [-0.3, -0.25) is 4.79 Å². The van der Waals surface area contributed by atoms with Crippen LogP contribution < -0.4 is 9.47 Å². The molecule has 1 aliphatic rings. The van der Waals surface area contributed by atoms with Gasteiger partial charge in [0.1, 0.15) is 11.5 Å². The van der Waals surface area contributed by atoms with E-state index in [1.54, 1.807) is 7.11 Å². The summed E-state index contributed by atoms with van der Waals surface area (Å²) >= 11 is 1.93. The topological polar surface area (TPSA) is 42.0 Å². The SMILES string of the molecule is COc1ccc(OCC(=O)N2CCCSCC2CN(C)C)cc1. The van der Waals surface area contributed by atoms with Crippen LogP contribution >= 0.6 is 11.8 Å². The van der Waals surface area contributed by atoms with Crippen molar-refractivity contribution in [3.8, 4) is 11.5 Å². The van der Waals surface area contributed by atoms with Gasteiger partial charge in [0, 0.05) is 18.8 Å². The van der Waals surface area contributed by atoms with Crippen molar-refractivity contribution in [3.05, 3.63) is 24.3 Å². The Balaban J connectivity index is 1.92. The van der Waals surface area contributed by atoms with Crippen LogP contribution in [0.1, 0.15) is 6.42 Å². The third kappa shape index (κ3) is 5.62. The molecule has 2 rings (SSSR count). The molecule has 0 bridgehead atoms. The summed E-state index contributed by atoms with van der Waals surface area (Å²) in [6.07, 6.45) is 1.04. The molecule has 1 aromatic carbocycles. The Morgan fingerprint density at radius 1 is 1.30 bits per heavy atom. The summed E-state index contributed by atoms with van der Waals surface area (Å²) in [7, 11) is 5.72. The van der Waals surface area contributed by atoms with E-state index >= 15 is 0 Å². The lowest BCUT2D eigenvalue weighted by molar-refractivity contribution is -0.135. The minimum Gasteiger partial charge on any atom is -0.497 e. The smallest absolute Gasteiger partial charge is 0.260 e. The average Bonchev–Trinajstić information content (AvgIpc) is 2.78. The Kier molecular flexibility index (Phi) is 7.05. The molecule has 5 nitrogen and oxygen atoms in total. The van der Waals surface area contributed by atoms with Crippen LogP contribution in [-0.2, 0) is 4.79 Å². The molecule has 6 heteroatoms. The van der Waals surface area contributed by atoms with Crippen LogP contribution in [0.3, 0.4) is 0 Å². The highest BCUT2D eigenvalue weighted by Crippen LogP contribution is 2.19. The van der Waals surface area contributed by atoms with E-state index in [9.17, 15) is 4.79 Å². The lowest BCUT2D eigenvalue weighted by Gasteiger charge is -2.31. The monoisotopic (exact) mass is 338 g/mol. The summed E-state index contributed by atoms with van der Waals surface area (Å²) in [5, 5.41) is 0. The van der Waals surface area contributed by atoms with Crippen LogP contribution in [0.2, 0.25) is 0 Å². The molecule has 0 spiro atoms. The van der Waals surface area contributed by atoms with E-state index in [0.29, 0.717) is 5.75 Å². The summed E-state index contributed by atoms with van der Waals surface area (Å²) in [6, 6.07) is 7.56. The van der Waals surface area contributed by atoms with Crippen molar-refractivity contribution in [3.63, 3.8) is 0 Å². The molecule has 1 aliphatic heterocycles. The van der Waals surface area contributed by atoms with Crippen molar-refractivity contribution < 1.29 is 14.3 Å². The first-order chi connectivity index (χ1) is 11.1. The van der Waals surface area contributed by atoms with Gasteiger partial charge in [-0.05, 0) is 50.5 Å². The maximum absolute atomic E-state index is 12.6. The molecule has 1 heterocycles. The summed E-state index contributed by atoms with van der Waals surface area (Å²) in [5.41, 5.74) is 0. The van der Waals surface area contributed by atoms with Crippen LogP contribution in [0.15, 0.2) is 24.3 Å². The number of amides is 1. The Morgan fingerprint density at radius 2 is 2.00 bits per heavy atom. The number of benzene rings is 1. The van der Waals surface area contributed by atoms with E-state index in [1.165, 1.54) is 0 Å². The second-order valence-electron chi connectivity index (χ2n) is 5.90. The molecule has 1 fully saturated rings. The summed E-state index contributed by atoms with van der Waals surface area (Å²) in [4.78, 5) is 16.7. The first-order valence-corrected chi connectivity index (χ1v) is 9.04. The van der Waals surface area contributed by atoms with Gasteiger partial charge in [0.05, 0.1) is 13.2 Å². The maximum Gasteiger partial charge on any atom is 0.260 e. The normalized spacial score (nSPS) is 18.6. The first-order valence-electron chi connectivity index (χ1n) is 7.89. The molecule has 1 amide bonds. The molecule has 23 heavy (non-hydrogen) atoms. The minimum atomic E-state index is 0.0650. The van der Waals surface area contributed by atoms with E-state index in [-0.39, 0.29) is 18.6 Å². The van der Waals surface area contributed by atoms with Crippen molar-refractivity contribution in [2.24, 2.45) is 0 Å². The number of thioether (sulfide) groups is 1. The number of rotatable bonds is 6. The molecule has 128 valence electrons. The van der Waals surface area contributed by atoms with Gasteiger partial charge in [-0.1, -0.05) is 0 Å². The number of likely N-dealkylation sites (N-methyl/N-ethyl adjacent to an activating group) is 1. The van der Waals surface area contributed by atoms with Crippen molar-refractivity contribution >= 4 is 17.7 Å². The Labute approximate surface area is 142 Å². The second kappa shape index (κ2) is 9.03. The highest BCUT2D eigenvalue weighted by molar-refractivity contribution is 7.99. The zero-order valence-corrected chi connectivity index (χ0v) is 15.0. The van der Waals surface area contributed by atoms with Crippen molar-refractivity contribution in [2.45, 2.75) is 12.5 Å². The van der Waals surface area contributed by atoms with E-state index in [1.807, 2.05) is 55.0 Å². The number of hydrogen-bond acceptors (Lipinski definition) is 5. The van der Waals surface area contributed by atoms with Crippen LogP contribution in [-0.4, -0.2) is 74.2 Å². The van der Waals surface area contributed by atoms with Crippen LogP contribution in [0.4, 0.5) is 0 Å². The fraction of sp³-hybridized carbons (Fsp3) is 0.588. The average molecular weight is 338 g/mol. The Hall–Kier alpha value is -1.40. The lowest BCUT2D eigenvalue weighted by atomic mass is 10.2. The molecule has 0 aromatic heterocycles. The highest BCUT2D eigenvalue weighted by Gasteiger charge is 2.26. The predicted octanol–water partition coefficient (Wildman–Crippen LogP) is 1.97. The zero-order chi connectivity index (χ0) is 16.7. The quantitative estimate of drug-likeness (QED) is 0.793. The molecule has 1 atom stereocenters. The molecular weight excluding hydrogens is 312 g/mol. The van der Waals surface area contributed by atoms with Gasteiger partial charge in [-0.25, -0.2) is 0 Å². The van der Waals surface area contributed by atoms with Crippen LogP contribution in [0.5, 0.6) is 11.5 Å². The van der Waals surface area contributed by atoms with E-state index < -0.39 is 0 Å². The van der Waals surface area contributed by atoms with Gasteiger partial charge in [-0.2, -0.15) is 11.8 Å². The molecule has 1 aromatic rings. The van der Waals surface area contributed by atoms with Crippen LogP contribution in [0.25, 0.3) is 0 Å². The second-order valence-corrected chi connectivity index (χ2v) is 7.05. The van der Waals surface area contributed by atoms with Crippen LogP contribution in [0, 0.1) is 0 Å². The molecule has 0 saturated carbocycles. The Bertz CT molecular complexity index is 493. The van der Waals surface area contributed by atoms with Crippen molar-refractivity contribution in [1.29, 1.82) is 0 Å². The number of nitrogens with zero attached hydrogens (tertiary/aromatic N) is 2. The highest BCUT2D eigenvalue weighted by atomic mass is 32.2. The number of carbonyl (C=O) groups excluding carboxylic acids is 1. The largest absolute Gasteiger partial charge is 0.497 e. The van der Waals surface area contributed by atoms with E-state index in [4.69, 9.17) is 9.47 Å². The molecular formula is C17H26N2O3S. The molecule has 1 unspecified atom stereocenters.